The van der Waals surface area contributed by atoms with Crippen LogP contribution >= 0.6 is 0 Å². The average Bonchev–Trinajstić information content (AvgIpc) is 3.15. The van der Waals surface area contributed by atoms with Gasteiger partial charge in [0, 0.05) is 12.8 Å². The summed E-state index contributed by atoms with van der Waals surface area (Å²) in [7, 11) is 0. The van der Waals surface area contributed by atoms with Gasteiger partial charge in [-0.1, -0.05) is 164 Å². The van der Waals surface area contributed by atoms with E-state index in [9.17, 15) is 14.7 Å². The third-order valence-corrected chi connectivity index (χ3v) is 8.97. The molecule has 0 aromatic carbocycles. The molecule has 0 aliphatic rings. The van der Waals surface area contributed by atoms with E-state index in [1.54, 1.807) is 0 Å². The van der Waals surface area contributed by atoms with Crippen LogP contribution in [-0.4, -0.2) is 36.4 Å². The van der Waals surface area contributed by atoms with Crippen molar-refractivity contribution in [1.82, 2.24) is 0 Å². The SMILES string of the molecule is CCCCC/C=C\C/C=C\C/C=C\CCCCCCCCC(=O)OCC(CO)OC(=O)CCCCCCCC/C=C\C/C=C\C/C=C\CCCCC. The van der Waals surface area contributed by atoms with Crippen molar-refractivity contribution in [3.05, 3.63) is 72.9 Å². The van der Waals surface area contributed by atoms with Crippen LogP contribution in [0.3, 0.4) is 0 Å². The van der Waals surface area contributed by atoms with Crippen LogP contribution in [0.1, 0.15) is 194 Å². The fourth-order valence-electron chi connectivity index (χ4n) is 5.68. The molecular formula is C47H80O5. The van der Waals surface area contributed by atoms with Crippen molar-refractivity contribution in [2.24, 2.45) is 0 Å². The number of esters is 2. The summed E-state index contributed by atoms with van der Waals surface area (Å²) in [6.45, 7) is 4.06. The summed E-state index contributed by atoms with van der Waals surface area (Å²) < 4.78 is 10.6. The van der Waals surface area contributed by atoms with Gasteiger partial charge in [-0.05, 0) is 89.9 Å². The van der Waals surface area contributed by atoms with Gasteiger partial charge in [0.2, 0.25) is 0 Å². The zero-order valence-electron chi connectivity index (χ0n) is 33.8. The Morgan fingerprint density at radius 1 is 0.442 bits per heavy atom. The van der Waals surface area contributed by atoms with Crippen LogP contribution in [0, 0.1) is 0 Å². The Labute approximate surface area is 321 Å². The number of aliphatic hydroxyl groups excluding tert-OH is 1. The highest BCUT2D eigenvalue weighted by Gasteiger charge is 2.16. The van der Waals surface area contributed by atoms with E-state index in [1.165, 1.54) is 89.9 Å². The lowest BCUT2D eigenvalue weighted by molar-refractivity contribution is -0.161. The third-order valence-electron chi connectivity index (χ3n) is 8.97. The second-order valence-electron chi connectivity index (χ2n) is 14.1. The Morgan fingerprint density at radius 3 is 1.15 bits per heavy atom. The molecule has 1 unspecified atom stereocenters. The van der Waals surface area contributed by atoms with Crippen molar-refractivity contribution in [3.8, 4) is 0 Å². The Hall–Kier alpha value is -2.66. The minimum absolute atomic E-state index is 0.0815. The van der Waals surface area contributed by atoms with E-state index in [0.717, 1.165) is 77.0 Å². The highest BCUT2D eigenvalue weighted by Crippen LogP contribution is 2.12. The van der Waals surface area contributed by atoms with Gasteiger partial charge in [-0.2, -0.15) is 0 Å². The maximum absolute atomic E-state index is 12.2. The fraction of sp³-hybridized carbons (Fsp3) is 0.702. The summed E-state index contributed by atoms with van der Waals surface area (Å²) in [5, 5.41) is 9.58. The second kappa shape index (κ2) is 42.8. The summed E-state index contributed by atoms with van der Waals surface area (Å²) in [5.74, 6) is -0.624. The number of carbonyl (C=O) groups is 2. The normalized spacial score (nSPS) is 12.9. The molecular weight excluding hydrogens is 645 g/mol. The number of ether oxygens (including phenoxy) is 2. The van der Waals surface area contributed by atoms with Crippen molar-refractivity contribution in [2.45, 2.75) is 200 Å². The molecule has 0 spiro atoms. The van der Waals surface area contributed by atoms with E-state index < -0.39 is 6.10 Å². The van der Waals surface area contributed by atoms with Crippen molar-refractivity contribution >= 4 is 11.9 Å². The molecule has 0 aliphatic carbocycles. The smallest absolute Gasteiger partial charge is 0.306 e. The number of rotatable bonds is 38. The lowest BCUT2D eigenvalue weighted by Crippen LogP contribution is -2.28. The molecule has 0 aliphatic heterocycles. The quantitative estimate of drug-likeness (QED) is 0.0390. The average molecular weight is 725 g/mol. The number of hydrogen-bond acceptors (Lipinski definition) is 5. The number of aliphatic hydroxyl groups is 1. The van der Waals surface area contributed by atoms with Crippen LogP contribution in [0.15, 0.2) is 72.9 Å². The monoisotopic (exact) mass is 725 g/mol. The molecule has 0 aromatic heterocycles. The van der Waals surface area contributed by atoms with E-state index in [0.29, 0.717) is 12.8 Å². The van der Waals surface area contributed by atoms with Crippen LogP contribution < -0.4 is 0 Å². The van der Waals surface area contributed by atoms with Gasteiger partial charge in [0.15, 0.2) is 6.10 Å². The number of hydrogen-bond donors (Lipinski definition) is 1. The second-order valence-corrected chi connectivity index (χ2v) is 14.1. The first-order chi connectivity index (χ1) is 25.6. The van der Waals surface area contributed by atoms with Crippen LogP contribution in [0.5, 0.6) is 0 Å². The topological polar surface area (TPSA) is 72.8 Å². The fourth-order valence-corrected chi connectivity index (χ4v) is 5.68. The molecule has 1 atom stereocenters. The Kier molecular flexibility index (Phi) is 40.6. The van der Waals surface area contributed by atoms with Gasteiger partial charge in [-0.15, -0.1) is 0 Å². The van der Waals surface area contributed by atoms with Gasteiger partial charge >= 0.3 is 11.9 Å². The summed E-state index contributed by atoms with van der Waals surface area (Å²) >= 11 is 0. The largest absolute Gasteiger partial charge is 0.462 e. The molecule has 0 rings (SSSR count). The van der Waals surface area contributed by atoms with Gasteiger partial charge < -0.3 is 14.6 Å². The standard InChI is InChI=1S/C47H80O5/c1-3-5-7-9-11-13-15-17-19-21-23-25-27-29-31-33-35-37-39-41-46(49)51-44-45(43-48)52-47(50)42-40-38-36-34-32-30-28-26-24-22-20-18-16-14-12-10-8-6-4-2/h11-14,17-20,23-26,45,48H,3-10,15-16,21-22,27-44H2,1-2H3/b13-11-,14-12-,19-17-,20-18-,25-23-,26-24-. The molecule has 0 saturated carbocycles. The highest BCUT2D eigenvalue weighted by molar-refractivity contribution is 5.70. The predicted octanol–water partition coefficient (Wildman–Crippen LogP) is 13.7. The zero-order chi connectivity index (χ0) is 37.8. The minimum atomic E-state index is -0.788. The lowest BCUT2D eigenvalue weighted by Gasteiger charge is -2.15. The number of carbonyl (C=O) groups excluding carboxylic acids is 2. The number of allylic oxidation sites excluding steroid dienone is 12. The van der Waals surface area contributed by atoms with Crippen LogP contribution in [0.4, 0.5) is 0 Å². The first-order valence-electron chi connectivity index (χ1n) is 21.5. The molecule has 5 heteroatoms. The van der Waals surface area contributed by atoms with E-state index >= 15 is 0 Å². The molecule has 0 saturated heterocycles. The molecule has 5 nitrogen and oxygen atoms in total. The van der Waals surface area contributed by atoms with Gasteiger partial charge in [-0.25, -0.2) is 0 Å². The number of unbranched alkanes of at least 4 members (excludes halogenated alkanes) is 18. The maximum Gasteiger partial charge on any atom is 0.306 e. The highest BCUT2D eigenvalue weighted by atomic mass is 16.6. The minimum Gasteiger partial charge on any atom is -0.462 e. The van der Waals surface area contributed by atoms with Crippen molar-refractivity contribution in [3.63, 3.8) is 0 Å². The van der Waals surface area contributed by atoms with Crippen molar-refractivity contribution in [2.75, 3.05) is 13.2 Å². The van der Waals surface area contributed by atoms with E-state index in [-0.39, 0.29) is 25.2 Å². The Morgan fingerprint density at radius 2 is 0.769 bits per heavy atom. The third kappa shape index (κ3) is 40.1. The molecule has 1 N–H and O–H groups in total. The lowest BCUT2D eigenvalue weighted by atomic mass is 10.1. The van der Waals surface area contributed by atoms with Crippen LogP contribution in [-0.2, 0) is 19.1 Å². The van der Waals surface area contributed by atoms with Crippen molar-refractivity contribution in [1.29, 1.82) is 0 Å². The van der Waals surface area contributed by atoms with Crippen molar-refractivity contribution < 1.29 is 24.2 Å². The molecule has 0 aromatic rings. The summed E-state index contributed by atoms with van der Waals surface area (Å²) in [4.78, 5) is 24.3. The van der Waals surface area contributed by atoms with E-state index in [4.69, 9.17) is 9.47 Å². The molecule has 0 bridgehead atoms. The Balaban J connectivity index is 3.62. The molecule has 52 heavy (non-hydrogen) atoms. The summed E-state index contributed by atoms with van der Waals surface area (Å²) in [6.07, 6.45) is 56.7. The van der Waals surface area contributed by atoms with Gasteiger partial charge in [0.1, 0.15) is 6.61 Å². The first kappa shape index (κ1) is 49.3. The summed E-state index contributed by atoms with van der Waals surface area (Å²) in [6, 6.07) is 0. The van der Waals surface area contributed by atoms with Gasteiger partial charge in [0.05, 0.1) is 6.61 Å². The van der Waals surface area contributed by atoms with Crippen LogP contribution in [0.2, 0.25) is 0 Å². The van der Waals surface area contributed by atoms with E-state index in [2.05, 4.69) is 86.8 Å². The zero-order valence-corrected chi connectivity index (χ0v) is 33.8. The Bertz CT molecular complexity index is 957. The summed E-state index contributed by atoms with van der Waals surface area (Å²) in [5.41, 5.74) is 0. The molecule has 0 heterocycles. The first-order valence-corrected chi connectivity index (χ1v) is 21.5. The van der Waals surface area contributed by atoms with Crippen LogP contribution in [0.25, 0.3) is 0 Å². The molecule has 298 valence electrons. The predicted molar refractivity (Wildman–Crippen MR) is 223 cm³/mol. The van der Waals surface area contributed by atoms with Gasteiger partial charge in [-0.3, -0.25) is 9.59 Å². The molecule has 0 amide bonds. The molecule has 0 fully saturated rings. The van der Waals surface area contributed by atoms with Gasteiger partial charge in [0.25, 0.3) is 0 Å². The van der Waals surface area contributed by atoms with E-state index in [1.807, 2.05) is 0 Å². The molecule has 0 radical (unpaired) electrons. The maximum atomic E-state index is 12.2.